The molecule has 7 heteroatoms. The van der Waals surface area contributed by atoms with Gasteiger partial charge in [0.05, 0.1) is 0 Å². The van der Waals surface area contributed by atoms with Crippen molar-refractivity contribution in [3.8, 4) is 0 Å². The van der Waals surface area contributed by atoms with Gasteiger partial charge < -0.3 is 20.7 Å². The molecule has 0 spiro atoms. The fourth-order valence-corrected chi connectivity index (χ4v) is 1.90. The van der Waals surface area contributed by atoms with E-state index in [4.69, 9.17) is 16.3 Å². The van der Waals surface area contributed by atoms with Crippen LogP contribution < -0.4 is 16.0 Å². The second-order valence-electron chi connectivity index (χ2n) is 5.87. The van der Waals surface area contributed by atoms with E-state index in [0.29, 0.717) is 30.6 Å². The smallest absolute Gasteiger partial charge is 0.407 e. The van der Waals surface area contributed by atoms with Crippen LogP contribution in [-0.2, 0) is 11.3 Å². The molecule has 0 radical (unpaired) electrons. The first-order chi connectivity index (χ1) is 10.8. The molecule has 1 aromatic carbocycles. The maximum absolute atomic E-state index is 11.5. The highest BCUT2D eigenvalue weighted by atomic mass is 35.5. The number of alkyl carbamates (subject to hydrolysis) is 1. The molecule has 0 aliphatic carbocycles. The van der Waals surface area contributed by atoms with Gasteiger partial charge in [-0.2, -0.15) is 0 Å². The number of carbonyl (C=O) groups excluding carboxylic acids is 1. The molecule has 0 aromatic heterocycles. The van der Waals surface area contributed by atoms with Gasteiger partial charge >= 0.3 is 6.09 Å². The first-order valence-corrected chi connectivity index (χ1v) is 7.84. The van der Waals surface area contributed by atoms with Gasteiger partial charge in [0.25, 0.3) is 0 Å². The molecule has 0 heterocycles. The van der Waals surface area contributed by atoms with E-state index in [1.165, 1.54) is 0 Å². The summed E-state index contributed by atoms with van der Waals surface area (Å²) in [4.78, 5) is 15.6. The van der Waals surface area contributed by atoms with Gasteiger partial charge in [-0.05, 0) is 32.4 Å². The van der Waals surface area contributed by atoms with Crippen LogP contribution in [0.4, 0.5) is 4.79 Å². The molecular formula is C16H25ClN4O2. The van der Waals surface area contributed by atoms with Gasteiger partial charge in [-0.15, -0.1) is 0 Å². The fourth-order valence-electron chi connectivity index (χ4n) is 1.70. The second kappa shape index (κ2) is 9.25. The number of hydrogen-bond acceptors (Lipinski definition) is 3. The van der Waals surface area contributed by atoms with Gasteiger partial charge in [0.2, 0.25) is 0 Å². The Bertz CT molecular complexity index is 541. The molecule has 3 N–H and O–H groups in total. The van der Waals surface area contributed by atoms with E-state index in [-0.39, 0.29) is 0 Å². The zero-order valence-corrected chi connectivity index (χ0v) is 14.8. The van der Waals surface area contributed by atoms with Crippen molar-refractivity contribution < 1.29 is 9.53 Å². The SMILES string of the molecule is CN=C(NCCNC(=O)OC(C)(C)C)NCc1ccccc1Cl. The molecule has 128 valence electrons. The van der Waals surface area contributed by atoms with Crippen LogP contribution in [0, 0.1) is 0 Å². The molecule has 1 aromatic rings. The number of nitrogens with zero attached hydrogens (tertiary/aromatic N) is 1. The Morgan fingerprint density at radius 2 is 1.83 bits per heavy atom. The number of benzene rings is 1. The topological polar surface area (TPSA) is 74.8 Å². The molecule has 0 saturated heterocycles. The maximum atomic E-state index is 11.5. The van der Waals surface area contributed by atoms with E-state index < -0.39 is 11.7 Å². The number of carbonyl (C=O) groups is 1. The molecule has 1 amide bonds. The van der Waals surface area contributed by atoms with E-state index in [9.17, 15) is 4.79 Å². The van der Waals surface area contributed by atoms with Crippen molar-refractivity contribution in [2.75, 3.05) is 20.1 Å². The van der Waals surface area contributed by atoms with Crippen molar-refractivity contribution in [1.29, 1.82) is 0 Å². The molecule has 0 saturated carbocycles. The van der Waals surface area contributed by atoms with Crippen LogP contribution in [0.1, 0.15) is 26.3 Å². The molecule has 0 fully saturated rings. The summed E-state index contributed by atoms with van der Waals surface area (Å²) in [6, 6.07) is 7.62. The fraction of sp³-hybridized carbons (Fsp3) is 0.500. The van der Waals surface area contributed by atoms with Crippen molar-refractivity contribution in [3.05, 3.63) is 34.9 Å². The second-order valence-corrected chi connectivity index (χ2v) is 6.28. The third-order valence-corrected chi connectivity index (χ3v) is 3.08. The lowest BCUT2D eigenvalue weighted by Gasteiger charge is -2.20. The minimum absolute atomic E-state index is 0.432. The maximum Gasteiger partial charge on any atom is 0.407 e. The predicted octanol–water partition coefficient (Wildman–Crippen LogP) is 2.53. The van der Waals surface area contributed by atoms with Gasteiger partial charge in [-0.25, -0.2) is 4.79 Å². The molecule has 1 rings (SSSR count). The van der Waals surface area contributed by atoms with Crippen LogP contribution >= 0.6 is 11.6 Å². The lowest BCUT2D eigenvalue weighted by atomic mass is 10.2. The van der Waals surface area contributed by atoms with Crippen molar-refractivity contribution in [2.24, 2.45) is 4.99 Å². The molecule has 6 nitrogen and oxygen atoms in total. The van der Waals surface area contributed by atoms with Gasteiger partial charge in [-0.1, -0.05) is 29.8 Å². The van der Waals surface area contributed by atoms with E-state index >= 15 is 0 Å². The Balaban J connectivity index is 2.27. The van der Waals surface area contributed by atoms with Crippen LogP contribution in [0.25, 0.3) is 0 Å². The molecule has 0 aliphatic heterocycles. The van der Waals surface area contributed by atoms with E-state index in [2.05, 4.69) is 20.9 Å². The summed E-state index contributed by atoms with van der Waals surface area (Å²) in [6.07, 6.45) is -0.432. The summed E-state index contributed by atoms with van der Waals surface area (Å²) in [5.74, 6) is 0.635. The number of guanidine groups is 1. The van der Waals surface area contributed by atoms with Crippen LogP contribution in [0.5, 0.6) is 0 Å². The van der Waals surface area contributed by atoms with Gasteiger partial charge in [0.15, 0.2) is 5.96 Å². The average Bonchev–Trinajstić information content (AvgIpc) is 2.46. The number of ether oxygens (including phenoxy) is 1. The van der Waals surface area contributed by atoms with Crippen LogP contribution in [0.2, 0.25) is 5.02 Å². The summed E-state index contributed by atoms with van der Waals surface area (Å²) in [7, 11) is 1.68. The summed E-state index contributed by atoms with van der Waals surface area (Å²) in [5, 5.41) is 9.65. The van der Waals surface area contributed by atoms with Crippen molar-refractivity contribution in [3.63, 3.8) is 0 Å². The van der Waals surface area contributed by atoms with Gasteiger partial charge in [-0.3, -0.25) is 4.99 Å². The third-order valence-electron chi connectivity index (χ3n) is 2.71. The summed E-state index contributed by atoms with van der Waals surface area (Å²) < 4.78 is 5.15. The van der Waals surface area contributed by atoms with E-state index in [0.717, 1.165) is 5.56 Å². The van der Waals surface area contributed by atoms with Gasteiger partial charge in [0, 0.05) is 31.7 Å². The summed E-state index contributed by atoms with van der Waals surface area (Å²) in [5.41, 5.74) is 0.494. The molecule has 0 atom stereocenters. The highest BCUT2D eigenvalue weighted by Gasteiger charge is 2.15. The van der Waals surface area contributed by atoms with E-state index in [1.807, 2.05) is 45.0 Å². The Hall–Kier alpha value is -1.95. The molecule has 0 unspecified atom stereocenters. The first-order valence-electron chi connectivity index (χ1n) is 7.46. The Morgan fingerprint density at radius 1 is 1.17 bits per heavy atom. The number of hydrogen-bond donors (Lipinski definition) is 3. The zero-order chi connectivity index (χ0) is 17.3. The minimum Gasteiger partial charge on any atom is -0.444 e. The highest BCUT2D eigenvalue weighted by molar-refractivity contribution is 6.31. The summed E-state index contributed by atoms with van der Waals surface area (Å²) in [6.45, 7) is 7.00. The summed E-state index contributed by atoms with van der Waals surface area (Å²) >= 11 is 6.10. The average molecular weight is 341 g/mol. The highest BCUT2D eigenvalue weighted by Crippen LogP contribution is 2.14. The number of aliphatic imine (C=N–C) groups is 1. The monoisotopic (exact) mass is 340 g/mol. The Morgan fingerprint density at radius 3 is 2.43 bits per heavy atom. The van der Waals surface area contributed by atoms with Crippen molar-refractivity contribution >= 4 is 23.7 Å². The lowest BCUT2D eigenvalue weighted by Crippen LogP contribution is -2.42. The quantitative estimate of drug-likeness (QED) is 0.437. The standard InChI is InChI=1S/C16H25ClN4O2/c1-16(2,3)23-15(22)20-10-9-19-14(18-4)21-11-12-7-5-6-8-13(12)17/h5-8H,9-11H2,1-4H3,(H,20,22)(H2,18,19,21). The lowest BCUT2D eigenvalue weighted by molar-refractivity contribution is 0.0529. The molecule has 0 aliphatic rings. The Kier molecular flexibility index (Phi) is 7.68. The van der Waals surface area contributed by atoms with Gasteiger partial charge in [0.1, 0.15) is 5.60 Å². The number of nitrogens with one attached hydrogen (secondary N) is 3. The largest absolute Gasteiger partial charge is 0.444 e. The van der Waals surface area contributed by atoms with Crippen LogP contribution in [-0.4, -0.2) is 37.8 Å². The number of rotatable bonds is 5. The molecular weight excluding hydrogens is 316 g/mol. The van der Waals surface area contributed by atoms with E-state index in [1.54, 1.807) is 7.05 Å². The third kappa shape index (κ3) is 8.30. The van der Waals surface area contributed by atoms with Crippen LogP contribution in [0.3, 0.4) is 0 Å². The van der Waals surface area contributed by atoms with Crippen molar-refractivity contribution in [1.82, 2.24) is 16.0 Å². The normalized spacial score (nSPS) is 11.8. The first kappa shape index (κ1) is 19.1. The number of halogens is 1. The Labute approximate surface area is 142 Å². The number of amides is 1. The van der Waals surface area contributed by atoms with Crippen molar-refractivity contribution in [2.45, 2.75) is 32.9 Å². The minimum atomic E-state index is -0.496. The van der Waals surface area contributed by atoms with Crippen LogP contribution in [0.15, 0.2) is 29.3 Å². The zero-order valence-electron chi connectivity index (χ0n) is 14.1. The molecule has 23 heavy (non-hydrogen) atoms. The molecule has 0 bridgehead atoms. The predicted molar refractivity (Wildman–Crippen MR) is 93.9 cm³/mol.